The third kappa shape index (κ3) is 4.43. The summed E-state index contributed by atoms with van der Waals surface area (Å²) >= 11 is 5.02. The first-order valence-electron chi connectivity index (χ1n) is 6.93. The van der Waals surface area contributed by atoms with Crippen molar-refractivity contribution < 1.29 is 0 Å². The van der Waals surface area contributed by atoms with E-state index in [-0.39, 0.29) is 0 Å². The Hall–Kier alpha value is -2.14. The zero-order chi connectivity index (χ0) is 15.1. The van der Waals surface area contributed by atoms with Gasteiger partial charge < -0.3 is 16.0 Å². The maximum Gasteiger partial charge on any atom is 0.136 e. The molecule has 0 aliphatic rings. The Morgan fingerprint density at radius 1 is 1.24 bits per heavy atom. The zero-order valence-corrected chi connectivity index (χ0v) is 12.9. The highest BCUT2D eigenvalue weighted by atomic mass is 32.1. The maximum atomic E-state index is 5.69. The number of benzene rings is 1. The molecule has 1 aromatic carbocycles. The predicted molar refractivity (Wildman–Crippen MR) is 92.9 cm³/mol. The van der Waals surface area contributed by atoms with Crippen molar-refractivity contribution in [2.24, 2.45) is 5.73 Å². The number of nitrogens with zero attached hydrogens (tertiary/aromatic N) is 2. The summed E-state index contributed by atoms with van der Waals surface area (Å²) < 4.78 is 0. The molecule has 3 N–H and O–H groups in total. The Morgan fingerprint density at radius 3 is 2.71 bits per heavy atom. The van der Waals surface area contributed by atoms with Crippen molar-refractivity contribution >= 4 is 28.7 Å². The van der Waals surface area contributed by atoms with Gasteiger partial charge in [-0.15, -0.1) is 0 Å². The van der Waals surface area contributed by atoms with E-state index in [1.165, 1.54) is 5.69 Å². The van der Waals surface area contributed by atoms with Crippen molar-refractivity contribution in [3.63, 3.8) is 0 Å². The summed E-state index contributed by atoms with van der Waals surface area (Å²) in [6.07, 6.45) is 2.74. The third-order valence-electron chi connectivity index (χ3n) is 3.23. The van der Waals surface area contributed by atoms with Crippen LogP contribution in [0.5, 0.6) is 0 Å². The van der Waals surface area contributed by atoms with Crippen LogP contribution in [0.4, 0.5) is 11.5 Å². The smallest absolute Gasteiger partial charge is 0.136 e. The van der Waals surface area contributed by atoms with Gasteiger partial charge in [0.1, 0.15) is 10.8 Å². The molecule has 0 bridgehead atoms. The Labute approximate surface area is 131 Å². The van der Waals surface area contributed by atoms with E-state index in [1.54, 1.807) is 6.20 Å². The number of anilines is 2. The molecular weight excluding hydrogens is 280 g/mol. The number of nitrogens with two attached hydrogens (primary N) is 1. The Kier molecular flexibility index (Phi) is 5.51. The van der Waals surface area contributed by atoms with Crippen LogP contribution in [0.3, 0.4) is 0 Å². The van der Waals surface area contributed by atoms with Crippen LogP contribution < -0.4 is 16.0 Å². The molecule has 0 unspecified atom stereocenters. The molecule has 0 aliphatic carbocycles. The van der Waals surface area contributed by atoms with Crippen LogP contribution in [0.25, 0.3) is 0 Å². The zero-order valence-electron chi connectivity index (χ0n) is 12.1. The molecule has 1 heterocycles. The van der Waals surface area contributed by atoms with Crippen molar-refractivity contribution in [2.75, 3.05) is 30.4 Å². The fourth-order valence-electron chi connectivity index (χ4n) is 2.08. The lowest BCUT2D eigenvalue weighted by Gasteiger charge is -2.19. The molecule has 2 aromatic rings. The van der Waals surface area contributed by atoms with Crippen molar-refractivity contribution in [2.45, 2.75) is 6.42 Å². The molecule has 21 heavy (non-hydrogen) atoms. The van der Waals surface area contributed by atoms with Gasteiger partial charge in [-0.25, -0.2) is 4.98 Å². The molecule has 0 saturated heterocycles. The first-order valence-corrected chi connectivity index (χ1v) is 7.34. The molecule has 0 atom stereocenters. The predicted octanol–water partition coefficient (Wildman–Crippen LogP) is 2.65. The maximum absolute atomic E-state index is 5.69. The molecule has 4 nitrogen and oxygen atoms in total. The average molecular weight is 300 g/mol. The SMILES string of the molecule is CN(CCCNc1ncccc1C(N)=S)c1ccccc1. The minimum absolute atomic E-state index is 0.368. The van der Waals surface area contributed by atoms with Crippen LogP contribution in [0.15, 0.2) is 48.7 Å². The molecule has 0 amide bonds. The van der Waals surface area contributed by atoms with Crippen LogP contribution in [0, 0.1) is 0 Å². The summed E-state index contributed by atoms with van der Waals surface area (Å²) in [5.41, 5.74) is 7.70. The van der Waals surface area contributed by atoms with Crippen molar-refractivity contribution in [1.82, 2.24) is 4.98 Å². The van der Waals surface area contributed by atoms with Gasteiger partial charge in [0.15, 0.2) is 0 Å². The molecule has 0 spiro atoms. The second kappa shape index (κ2) is 7.59. The van der Waals surface area contributed by atoms with Gasteiger partial charge >= 0.3 is 0 Å². The highest BCUT2D eigenvalue weighted by Gasteiger charge is 2.05. The van der Waals surface area contributed by atoms with Crippen LogP contribution in [0.1, 0.15) is 12.0 Å². The van der Waals surface area contributed by atoms with Gasteiger partial charge in [0.05, 0.1) is 5.56 Å². The van der Waals surface area contributed by atoms with E-state index >= 15 is 0 Å². The van der Waals surface area contributed by atoms with E-state index in [9.17, 15) is 0 Å². The van der Waals surface area contributed by atoms with Crippen LogP contribution in [0.2, 0.25) is 0 Å². The lowest BCUT2D eigenvalue weighted by atomic mass is 10.2. The minimum Gasteiger partial charge on any atom is -0.389 e. The second-order valence-electron chi connectivity index (χ2n) is 4.80. The van der Waals surface area contributed by atoms with Crippen LogP contribution in [-0.2, 0) is 0 Å². The first kappa shape index (κ1) is 15.3. The molecular formula is C16H20N4S. The van der Waals surface area contributed by atoms with Crippen LogP contribution in [-0.4, -0.2) is 30.1 Å². The van der Waals surface area contributed by atoms with Gasteiger partial charge in [0, 0.05) is 32.0 Å². The molecule has 110 valence electrons. The summed E-state index contributed by atoms with van der Waals surface area (Å²) in [6, 6.07) is 14.1. The highest BCUT2D eigenvalue weighted by molar-refractivity contribution is 7.80. The Bertz CT molecular complexity index is 586. The number of para-hydroxylation sites is 1. The van der Waals surface area contributed by atoms with Gasteiger partial charge in [-0.2, -0.15) is 0 Å². The van der Waals surface area contributed by atoms with Gasteiger partial charge in [-0.3, -0.25) is 0 Å². The number of pyridine rings is 1. The Morgan fingerprint density at radius 2 is 2.00 bits per heavy atom. The Balaban J connectivity index is 1.81. The molecule has 1 aromatic heterocycles. The average Bonchev–Trinajstić information content (AvgIpc) is 2.52. The molecule has 0 saturated carbocycles. The third-order valence-corrected chi connectivity index (χ3v) is 3.45. The summed E-state index contributed by atoms with van der Waals surface area (Å²) in [5, 5.41) is 3.30. The van der Waals surface area contributed by atoms with E-state index in [1.807, 2.05) is 30.3 Å². The number of rotatable bonds is 7. The van der Waals surface area contributed by atoms with Gasteiger partial charge in [-0.05, 0) is 30.7 Å². The van der Waals surface area contributed by atoms with Gasteiger partial charge in [-0.1, -0.05) is 30.4 Å². The molecule has 0 aliphatic heterocycles. The number of nitrogens with one attached hydrogen (secondary N) is 1. The number of hydrogen-bond donors (Lipinski definition) is 2. The summed E-state index contributed by atoms with van der Waals surface area (Å²) in [6.45, 7) is 1.79. The normalized spacial score (nSPS) is 10.1. The fourth-order valence-corrected chi connectivity index (χ4v) is 2.24. The number of thiocarbonyl (C=S) groups is 1. The van der Waals surface area contributed by atoms with Crippen molar-refractivity contribution in [3.05, 3.63) is 54.2 Å². The van der Waals surface area contributed by atoms with E-state index in [2.05, 4.69) is 34.4 Å². The van der Waals surface area contributed by atoms with Gasteiger partial charge in [0.2, 0.25) is 0 Å². The molecule has 0 radical (unpaired) electrons. The monoisotopic (exact) mass is 300 g/mol. The van der Waals surface area contributed by atoms with Crippen LogP contribution >= 0.6 is 12.2 Å². The minimum atomic E-state index is 0.368. The molecule has 2 rings (SSSR count). The standard InChI is InChI=1S/C16H20N4S/c1-20(13-7-3-2-4-8-13)12-6-11-19-16-14(15(17)21)9-5-10-18-16/h2-5,7-10H,6,11-12H2,1H3,(H2,17,21)(H,18,19). The molecule has 0 fully saturated rings. The van der Waals surface area contributed by atoms with E-state index in [0.717, 1.165) is 30.9 Å². The summed E-state index contributed by atoms with van der Waals surface area (Å²) in [5.74, 6) is 0.757. The lowest BCUT2D eigenvalue weighted by Crippen LogP contribution is -2.21. The van der Waals surface area contributed by atoms with Gasteiger partial charge in [0.25, 0.3) is 0 Å². The summed E-state index contributed by atoms with van der Waals surface area (Å²) in [4.78, 5) is 6.88. The highest BCUT2D eigenvalue weighted by Crippen LogP contribution is 2.13. The van der Waals surface area contributed by atoms with Crippen molar-refractivity contribution in [3.8, 4) is 0 Å². The molecule has 5 heteroatoms. The topological polar surface area (TPSA) is 54.2 Å². The largest absolute Gasteiger partial charge is 0.389 e. The summed E-state index contributed by atoms with van der Waals surface area (Å²) in [7, 11) is 2.09. The van der Waals surface area contributed by atoms with E-state index in [0.29, 0.717) is 4.99 Å². The van der Waals surface area contributed by atoms with E-state index in [4.69, 9.17) is 18.0 Å². The van der Waals surface area contributed by atoms with Crippen molar-refractivity contribution in [1.29, 1.82) is 0 Å². The lowest BCUT2D eigenvalue weighted by molar-refractivity contribution is 0.814. The second-order valence-corrected chi connectivity index (χ2v) is 5.24. The van der Waals surface area contributed by atoms with E-state index < -0.39 is 0 Å². The first-order chi connectivity index (χ1) is 10.2. The quantitative estimate of drug-likeness (QED) is 0.608. The number of aromatic nitrogens is 1. The fraction of sp³-hybridized carbons (Fsp3) is 0.250. The number of hydrogen-bond acceptors (Lipinski definition) is 4.